The summed E-state index contributed by atoms with van der Waals surface area (Å²) in [5, 5.41) is 3.22. The topological polar surface area (TPSA) is 24.5 Å². The van der Waals surface area contributed by atoms with Crippen molar-refractivity contribution in [3.63, 3.8) is 0 Å². The largest absolute Gasteiger partial charge is 0.379 e. The van der Waals surface area contributed by atoms with Crippen LogP contribution >= 0.6 is 15.9 Å². The highest BCUT2D eigenvalue weighted by Crippen LogP contribution is 2.19. The van der Waals surface area contributed by atoms with Crippen molar-refractivity contribution in [1.82, 2.24) is 10.2 Å². The van der Waals surface area contributed by atoms with Gasteiger partial charge in [-0.05, 0) is 41.7 Å². The van der Waals surface area contributed by atoms with Gasteiger partial charge in [0.2, 0.25) is 0 Å². The van der Waals surface area contributed by atoms with Crippen LogP contribution in [0.3, 0.4) is 0 Å². The van der Waals surface area contributed by atoms with Crippen molar-refractivity contribution in [3.8, 4) is 0 Å². The molecule has 0 spiro atoms. The first-order valence-electron chi connectivity index (χ1n) is 5.97. The summed E-state index contributed by atoms with van der Waals surface area (Å²) in [6.45, 7) is 3.72. The van der Waals surface area contributed by atoms with Gasteiger partial charge in [0.25, 0.3) is 0 Å². The lowest BCUT2D eigenvalue weighted by Gasteiger charge is -2.10. The van der Waals surface area contributed by atoms with Gasteiger partial charge in [-0.25, -0.2) is 4.39 Å². The van der Waals surface area contributed by atoms with Crippen molar-refractivity contribution in [2.45, 2.75) is 6.54 Å². The first-order chi connectivity index (χ1) is 8.61. The van der Waals surface area contributed by atoms with Crippen LogP contribution in [0.15, 0.2) is 22.7 Å². The summed E-state index contributed by atoms with van der Waals surface area (Å²) in [5.74, 6) is -0.225. The maximum atomic E-state index is 13.2. The molecule has 1 rings (SSSR count). The van der Waals surface area contributed by atoms with Gasteiger partial charge in [0, 0.05) is 19.6 Å². The molecule has 0 bridgehead atoms. The van der Waals surface area contributed by atoms with Gasteiger partial charge in [0.05, 0.1) is 17.7 Å². The van der Waals surface area contributed by atoms with E-state index in [0.29, 0.717) is 17.6 Å². The maximum Gasteiger partial charge on any atom is 0.137 e. The zero-order chi connectivity index (χ0) is 13.4. The summed E-state index contributed by atoms with van der Waals surface area (Å²) in [6.07, 6.45) is 0. The van der Waals surface area contributed by atoms with Gasteiger partial charge in [0.1, 0.15) is 5.82 Å². The van der Waals surface area contributed by atoms with E-state index in [-0.39, 0.29) is 5.82 Å². The summed E-state index contributed by atoms with van der Waals surface area (Å²) < 4.78 is 19.2. The minimum absolute atomic E-state index is 0.225. The van der Waals surface area contributed by atoms with E-state index in [1.807, 2.05) is 20.2 Å². The second-order valence-electron chi connectivity index (χ2n) is 4.31. The van der Waals surface area contributed by atoms with Crippen molar-refractivity contribution >= 4 is 15.9 Å². The lowest BCUT2D eigenvalue weighted by molar-refractivity contribution is 0.119. The van der Waals surface area contributed by atoms with Gasteiger partial charge in [-0.15, -0.1) is 0 Å². The highest BCUT2D eigenvalue weighted by Gasteiger charge is 2.03. The second-order valence-corrected chi connectivity index (χ2v) is 5.10. The number of halogens is 2. The zero-order valence-corrected chi connectivity index (χ0v) is 12.5. The van der Waals surface area contributed by atoms with E-state index in [9.17, 15) is 4.39 Å². The number of rotatable bonds is 8. The maximum absolute atomic E-state index is 13.2. The standard InChI is InChI=1S/C13H20BrFN2O/c1-17(2)7-9-18-8-6-16-10-11-4-3-5-12(15)13(11)14/h3-5,16H,6-10H2,1-2H3. The molecule has 1 N–H and O–H groups in total. The number of nitrogens with one attached hydrogen (secondary N) is 1. The quantitative estimate of drug-likeness (QED) is 0.744. The van der Waals surface area contributed by atoms with Gasteiger partial charge < -0.3 is 15.0 Å². The molecule has 18 heavy (non-hydrogen) atoms. The Labute approximate surface area is 116 Å². The molecule has 0 aromatic heterocycles. The molecule has 0 aliphatic heterocycles. The van der Waals surface area contributed by atoms with Crippen LogP contribution in [0.2, 0.25) is 0 Å². The van der Waals surface area contributed by atoms with Crippen LogP contribution in [-0.4, -0.2) is 45.3 Å². The van der Waals surface area contributed by atoms with E-state index in [1.165, 1.54) is 6.07 Å². The minimum atomic E-state index is -0.225. The molecule has 3 nitrogen and oxygen atoms in total. The summed E-state index contributed by atoms with van der Waals surface area (Å²) in [4.78, 5) is 2.08. The molecule has 102 valence electrons. The predicted octanol–water partition coefficient (Wildman–Crippen LogP) is 2.26. The Bertz CT molecular complexity index is 361. The van der Waals surface area contributed by atoms with Crippen LogP contribution in [0.1, 0.15) is 5.56 Å². The third kappa shape index (κ3) is 5.91. The highest BCUT2D eigenvalue weighted by molar-refractivity contribution is 9.10. The lowest BCUT2D eigenvalue weighted by Crippen LogP contribution is -2.23. The number of likely N-dealkylation sites (N-methyl/N-ethyl adjacent to an activating group) is 1. The first-order valence-corrected chi connectivity index (χ1v) is 6.76. The Morgan fingerprint density at radius 2 is 2.11 bits per heavy atom. The number of nitrogens with zero attached hydrogens (tertiary/aromatic N) is 1. The number of hydrogen-bond acceptors (Lipinski definition) is 3. The Balaban J connectivity index is 2.13. The Hall–Kier alpha value is -0.490. The predicted molar refractivity (Wildman–Crippen MR) is 75.2 cm³/mol. The lowest BCUT2D eigenvalue weighted by atomic mass is 10.2. The third-order valence-electron chi connectivity index (χ3n) is 2.45. The number of ether oxygens (including phenoxy) is 1. The van der Waals surface area contributed by atoms with Gasteiger partial charge in [-0.3, -0.25) is 0 Å². The Kier molecular flexibility index (Phi) is 7.42. The van der Waals surface area contributed by atoms with Crippen LogP contribution in [0.4, 0.5) is 4.39 Å². The fourth-order valence-electron chi connectivity index (χ4n) is 1.40. The van der Waals surface area contributed by atoms with E-state index in [0.717, 1.165) is 25.3 Å². The molecule has 0 fully saturated rings. The summed E-state index contributed by atoms with van der Waals surface area (Å²) in [5.41, 5.74) is 0.920. The van der Waals surface area contributed by atoms with E-state index < -0.39 is 0 Å². The van der Waals surface area contributed by atoms with E-state index in [4.69, 9.17) is 4.74 Å². The fourth-order valence-corrected chi connectivity index (χ4v) is 1.81. The average Bonchev–Trinajstić information content (AvgIpc) is 2.32. The van der Waals surface area contributed by atoms with Gasteiger partial charge in [-0.1, -0.05) is 12.1 Å². The number of benzene rings is 1. The van der Waals surface area contributed by atoms with Crippen molar-refractivity contribution in [3.05, 3.63) is 34.1 Å². The Morgan fingerprint density at radius 3 is 2.83 bits per heavy atom. The molecule has 0 unspecified atom stereocenters. The smallest absolute Gasteiger partial charge is 0.137 e. The second kappa shape index (κ2) is 8.58. The SMILES string of the molecule is CN(C)CCOCCNCc1cccc(F)c1Br. The highest BCUT2D eigenvalue weighted by atomic mass is 79.9. The molecule has 0 saturated heterocycles. The van der Waals surface area contributed by atoms with Crippen molar-refractivity contribution in [2.24, 2.45) is 0 Å². The molecule has 0 aliphatic carbocycles. The Morgan fingerprint density at radius 1 is 1.33 bits per heavy atom. The van der Waals surface area contributed by atoms with Gasteiger partial charge in [0.15, 0.2) is 0 Å². The fraction of sp³-hybridized carbons (Fsp3) is 0.538. The van der Waals surface area contributed by atoms with Crippen molar-refractivity contribution in [1.29, 1.82) is 0 Å². The molecular formula is C13H20BrFN2O. The first kappa shape index (κ1) is 15.6. The zero-order valence-electron chi connectivity index (χ0n) is 10.9. The van der Waals surface area contributed by atoms with E-state index in [2.05, 4.69) is 26.1 Å². The molecule has 0 amide bonds. The number of hydrogen-bond donors (Lipinski definition) is 1. The molecule has 5 heteroatoms. The van der Waals surface area contributed by atoms with Crippen LogP contribution in [0.5, 0.6) is 0 Å². The molecule has 0 heterocycles. The minimum Gasteiger partial charge on any atom is -0.379 e. The molecule has 0 radical (unpaired) electrons. The average molecular weight is 319 g/mol. The molecule has 0 atom stereocenters. The van der Waals surface area contributed by atoms with E-state index >= 15 is 0 Å². The normalized spacial score (nSPS) is 11.2. The van der Waals surface area contributed by atoms with Crippen LogP contribution < -0.4 is 5.32 Å². The van der Waals surface area contributed by atoms with Gasteiger partial charge >= 0.3 is 0 Å². The summed E-state index contributed by atoms with van der Waals surface area (Å²) in [6, 6.07) is 5.05. The molecule has 0 aliphatic rings. The van der Waals surface area contributed by atoms with Crippen LogP contribution in [0, 0.1) is 5.82 Å². The third-order valence-corrected chi connectivity index (χ3v) is 3.34. The van der Waals surface area contributed by atoms with Crippen LogP contribution in [0.25, 0.3) is 0 Å². The summed E-state index contributed by atoms with van der Waals surface area (Å²) >= 11 is 3.24. The van der Waals surface area contributed by atoms with E-state index in [1.54, 1.807) is 6.07 Å². The molecule has 0 saturated carbocycles. The summed E-state index contributed by atoms with van der Waals surface area (Å²) in [7, 11) is 4.03. The van der Waals surface area contributed by atoms with Crippen molar-refractivity contribution < 1.29 is 9.13 Å². The van der Waals surface area contributed by atoms with Gasteiger partial charge in [-0.2, -0.15) is 0 Å². The van der Waals surface area contributed by atoms with Crippen molar-refractivity contribution in [2.75, 3.05) is 40.4 Å². The monoisotopic (exact) mass is 318 g/mol. The molecule has 1 aromatic rings. The molecular weight excluding hydrogens is 299 g/mol. The van der Waals surface area contributed by atoms with Crippen LogP contribution in [-0.2, 0) is 11.3 Å². The molecule has 1 aromatic carbocycles.